The maximum absolute atomic E-state index is 14.1. The van der Waals surface area contributed by atoms with E-state index in [0.29, 0.717) is 22.6 Å². The Morgan fingerprint density at radius 1 is 1.16 bits per heavy atom. The molecule has 2 heterocycles. The highest BCUT2D eigenvalue weighted by molar-refractivity contribution is 9.09. The zero-order valence-corrected chi connectivity index (χ0v) is 20.0. The van der Waals surface area contributed by atoms with Gasteiger partial charge < -0.3 is 10.1 Å². The molecule has 2 fully saturated rings. The number of fused-ring (bicyclic) bond motifs is 3. The van der Waals surface area contributed by atoms with Crippen LogP contribution in [-0.4, -0.2) is 16.3 Å². The van der Waals surface area contributed by atoms with Crippen molar-refractivity contribution in [1.82, 2.24) is 5.32 Å². The predicted molar refractivity (Wildman–Crippen MR) is 115 cm³/mol. The second kappa shape index (κ2) is 6.42. The maximum atomic E-state index is 14.1. The monoisotopic (exact) mass is 499 g/mol. The minimum absolute atomic E-state index is 0.0456. The molecular weight excluding hydrogens is 471 g/mol. The summed E-state index contributed by atoms with van der Waals surface area (Å²) in [5.41, 5.74) is -0.748. The number of alkyl halides is 4. The van der Waals surface area contributed by atoms with E-state index in [4.69, 9.17) is 4.74 Å². The lowest BCUT2D eigenvalue weighted by Crippen LogP contribution is -2.70. The van der Waals surface area contributed by atoms with Gasteiger partial charge in [-0.15, -0.1) is 0 Å². The second-order valence-electron chi connectivity index (χ2n) is 10.9. The van der Waals surface area contributed by atoms with Gasteiger partial charge in [0, 0.05) is 39.4 Å². The Balaban J connectivity index is 1.77. The molecule has 1 spiro atoms. The third-order valence-electron chi connectivity index (χ3n) is 9.27. The Morgan fingerprint density at radius 2 is 1.87 bits per heavy atom. The number of halogens is 4. The van der Waals surface area contributed by atoms with Gasteiger partial charge in [-0.1, -0.05) is 43.6 Å². The largest absolute Gasteiger partial charge is 0.486 e. The third-order valence-corrected chi connectivity index (χ3v) is 10.9. The van der Waals surface area contributed by atoms with Gasteiger partial charge in [0.15, 0.2) is 0 Å². The van der Waals surface area contributed by atoms with Crippen molar-refractivity contribution in [2.24, 2.45) is 22.7 Å². The van der Waals surface area contributed by atoms with Crippen LogP contribution in [0.25, 0.3) is 0 Å². The Labute approximate surface area is 189 Å². The number of carbonyl (C=O) groups excluding carboxylic acids is 1. The lowest BCUT2D eigenvalue weighted by molar-refractivity contribution is -0.210. The van der Waals surface area contributed by atoms with Crippen LogP contribution in [0.1, 0.15) is 80.4 Å². The average molecular weight is 500 g/mol. The minimum atomic E-state index is -4.53. The summed E-state index contributed by atoms with van der Waals surface area (Å²) in [6.07, 6.45) is -0.491. The van der Waals surface area contributed by atoms with Crippen molar-refractivity contribution in [3.63, 3.8) is 0 Å². The number of carbonyl (C=O) groups is 1. The van der Waals surface area contributed by atoms with E-state index in [-0.39, 0.29) is 34.9 Å². The van der Waals surface area contributed by atoms with E-state index in [1.807, 2.05) is 0 Å². The molecule has 170 valence electrons. The number of ether oxygens (including phenoxy) is 1. The summed E-state index contributed by atoms with van der Waals surface area (Å²) >= 11 is 3.89. The minimum Gasteiger partial charge on any atom is -0.486 e. The highest BCUT2D eigenvalue weighted by Crippen LogP contribution is 2.67. The topological polar surface area (TPSA) is 38.3 Å². The molecule has 7 heteroatoms. The fraction of sp³-hybridized carbons (Fsp3) is 0.708. The third kappa shape index (κ3) is 2.67. The van der Waals surface area contributed by atoms with E-state index < -0.39 is 28.7 Å². The first-order chi connectivity index (χ1) is 14.3. The molecule has 0 radical (unpaired) electrons. The van der Waals surface area contributed by atoms with Gasteiger partial charge in [-0.25, -0.2) is 0 Å². The highest BCUT2D eigenvalue weighted by atomic mass is 79.9. The summed E-state index contributed by atoms with van der Waals surface area (Å²) in [5, 5.41) is 2.70. The Kier molecular flexibility index (Phi) is 4.47. The van der Waals surface area contributed by atoms with Gasteiger partial charge in [-0.05, 0) is 49.5 Å². The number of hydrogen-bond donors (Lipinski definition) is 1. The van der Waals surface area contributed by atoms with E-state index in [1.54, 1.807) is 0 Å². The van der Waals surface area contributed by atoms with Crippen LogP contribution in [0.15, 0.2) is 6.07 Å². The lowest BCUT2D eigenvalue weighted by Gasteiger charge is -2.67. The summed E-state index contributed by atoms with van der Waals surface area (Å²) in [4.78, 5) is 12.7. The molecule has 4 aliphatic rings. The van der Waals surface area contributed by atoms with E-state index >= 15 is 0 Å². The molecule has 0 saturated heterocycles. The standard InChI is InChI=1S/C24H29BrF3NO2/c1-12-5-6-17-21(2,3)18(25)7-8-23(17)22(12,4)10-14-16(24(26,27)28)9-13-15(19(14)31-23)11-29-20(13)30/h9,12,17-18H,5-8,10-11H2,1-4H3,(H,29,30)/t12-,17-,18?,22+,23-/m0/s1. The first-order valence-electron chi connectivity index (χ1n) is 11.2. The lowest BCUT2D eigenvalue weighted by atomic mass is 9.44. The van der Waals surface area contributed by atoms with E-state index in [0.717, 1.165) is 31.7 Å². The van der Waals surface area contributed by atoms with Crippen LogP contribution in [-0.2, 0) is 19.1 Å². The molecule has 0 aromatic heterocycles. The molecule has 3 nitrogen and oxygen atoms in total. The fourth-order valence-electron chi connectivity index (χ4n) is 7.20. The van der Waals surface area contributed by atoms with Crippen molar-refractivity contribution >= 4 is 21.8 Å². The number of nitrogens with one attached hydrogen (secondary N) is 1. The summed E-state index contributed by atoms with van der Waals surface area (Å²) < 4.78 is 49.3. The van der Waals surface area contributed by atoms with Crippen molar-refractivity contribution in [2.75, 3.05) is 0 Å². The Hall–Kier alpha value is -1.24. The van der Waals surface area contributed by atoms with Gasteiger partial charge in [0.1, 0.15) is 11.4 Å². The van der Waals surface area contributed by atoms with Crippen LogP contribution in [0.2, 0.25) is 0 Å². The first kappa shape index (κ1) is 21.6. The van der Waals surface area contributed by atoms with Crippen LogP contribution in [0.4, 0.5) is 13.2 Å². The zero-order chi connectivity index (χ0) is 22.6. The van der Waals surface area contributed by atoms with Gasteiger partial charge in [0.05, 0.1) is 5.56 Å². The summed E-state index contributed by atoms with van der Waals surface area (Å²) in [6, 6.07) is 1.05. The molecule has 1 aromatic carbocycles. The normalized spacial score (nSPS) is 38.3. The van der Waals surface area contributed by atoms with Gasteiger partial charge >= 0.3 is 6.18 Å². The average Bonchev–Trinajstić information content (AvgIpc) is 3.04. The summed E-state index contributed by atoms with van der Waals surface area (Å²) in [5.74, 6) is 0.343. The number of rotatable bonds is 0. The van der Waals surface area contributed by atoms with Crippen LogP contribution >= 0.6 is 15.9 Å². The summed E-state index contributed by atoms with van der Waals surface area (Å²) in [7, 11) is 0. The molecule has 2 saturated carbocycles. The molecule has 0 bridgehead atoms. The number of hydrogen-bond acceptors (Lipinski definition) is 2. The van der Waals surface area contributed by atoms with Crippen molar-refractivity contribution < 1.29 is 22.7 Å². The van der Waals surface area contributed by atoms with Gasteiger partial charge in [0.2, 0.25) is 0 Å². The smallest absolute Gasteiger partial charge is 0.416 e. The first-order valence-corrected chi connectivity index (χ1v) is 12.1. The molecule has 5 rings (SSSR count). The highest BCUT2D eigenvalue weighted by Gasteiger charge is 2.68. The maximum Gasteiger partial charge on any atom is 0.416 e. The van der Waals surface area contributed by atoms with Crippen LogP contribution < -0.4 is 10.1 Å². The van der Waals surface area contributed by atoms with Gasteiger partial charge in [-0.3, -0.25) is 4.79 Å². The Bertz CT molecular complexity index is 975. The van der Waals surface area contributed by atoms with Crippen molar-refractivity contribution in [3.8, 4) is 5.75 Å². The zero-order valence-electron chi connectivity index (χ0n) is 18.4. The number of amides is 1. The van der Waals surface area contributed by atoms with Gasteiger partial charge in [0.25, 0.3) is 5.91 Å². The summed E-state index contributed by atoms with van der Waals surface area (Å²) in [6.45, 7) is 9.06. The van der Waals surface area contributed by atoms with Crippen molar-refractivity contribution in [2.45, 2.75) is 82.9 Å². The molecule has 2 aliphatic heterocycles. The molecule has 1 amide bonds. The van der Waals surface area contributed by atoms with Gasteiger partial charge in [-0.2, -0.15) is 13.2 Å². The van der Waals surface area contributed by atoms with Crippen molar-refractivity contribution in [3.05, 3.63) is 28.3 Å². The van der Waals surface area contributed by atoms with E-state index in [9.17, 15) is 18.0 Å². The van der Waals surface area contributed by atoms with Crippen molar-refractivity contribution in [1.29, 1.82) is 0 Å². The predicted octanol–water partition coefficient (Wildman–Crippen LogP) is 6.26. The van der Waals surface area contributed by atoms with E-state index in [1.165, 1.54) is 0 Å². The molecular formula is C24H29BrF3NO2. The molecule has 31 heavy (non-hydrogen) atoms. The van der Waals surface area contributed by atoms with E-state index in [2.05, 4.69) is 48.9 Å². The van der Waals surface area contributed by atoms with Crippen LogP contribution in [0.5, 0.6) is 5.75 Å². The Morgan fingerprint density at radius 3 is 2.55 bits per heavy atom. The second-order valence-corrected chi connectivity index (χ2v) is 12.0. The number of benzene rings is 1. The van der Waals surface area contributed by atoms with Crippen LogP contribution in [0, 0.1) is 22.7 Å². The molecule has 1 N–H and O–H groups in total. The molecule has 1 aromatic rings. The SMILES string of the molecule is C[C@H]1CC[C@H]2C(C)(C)C(Br)CC[C@]23Oc2c4c(cc(C(F)(F)F)c2C[C@]13C)C(=O)NC4. The molecule has 2 aliphatic carbocycles. The van der Waals surface area contributed by atoms with Crippen LogP contribution in [0.3, 0.4) is 0 Å². The molecule has 5 atom stereocenters. The quantitative estimate of drug-likeness (QED) is 0.428. The molecule has 1 unspecified atom stereocenters. The fourth-order valence-corrected chi connectivity index (χ4v) is 7.75.